The van der Waals surface area contributed by atoms with Crippen molar-refractivity contribution in [3.05, 3.63) is 29.2 Å². The largest absolute Gasteiger partial charge is 0.384 e. The molecule has 0 bridgehead atoms. The monoisotopic (exact) mass is 249 g/mol. The normalized spacial score (nSPS) is 10.8. The van der Waals surface area contributed by atoms with Gasteiger partial charge in [0.05, 0.1) is 11.9 Å². The van der Waals surface area contributed by atoms with Crippen LogP contribution in [0.3, 0.4) is 0 Å². The molecule has 0 radical (unpaired) electrons. The lowest BCUT2D eigenvalue weighted by Crippen LogP contribution is -2.00. The van der Waals surface area contributed by atoms with Gasteiger partial charge < -0.3 is 5.73 Å². The molecule has 2 aromatic rings. The smallest absolute Gasteiger partial charge is 0.190 e. The Morgan fingerprint density at radius 1 is 1.35 bits per heavy atom. The van der Waals surface area contributed by atoms with E-state index in [1.165, 1.54) is 11.3 Å². The lowest BCUT2D eigenvalue weighted by molar-refractivity contribution is 0.734. The predicted molar refractivity (Wildman–Crippen MR) is 68.7 cm³/mol. The number of hydrogen-bond donors (Lipinski definition) is 1. The van der Waals surface area contributed by atoms with Crippen LogP contribution in [0, 0.1) is 13.8 Å². The summed E-state index contributed by atoms with van der Waals surface area (Å²) in [5, 5.41) is 4.91. The molecular formula is C11H15N5S. The highest BCUT2D eigenvalue weighted by atomic mass is 32.2. The molecule has 2 heterocycles. The van der Waals surface area contributed by atoms with Gasteiger partial charge in [-0.3, -0.25) is 4.68 Å². The van der Waals surface area contributed by atoms with Crippen LogP contribution in [0.5, 0.6) is 0 Å². The van der Waals surface area contributed by atoms with Crippen molar-refractivity contribution in [3.8, 4) is 0 Å². The summed E-state index contributed by atoms with van der Waals surface area (Å²) < 4.78 is 1.88. The summed E-state index contributed by atoms with van der Waals surface area (Å²) >= 11 is 1.57. The zero-order chi connectivity index (χ0) is 12.4. The van der Waals surface area contributed by atoms with E-state index in [0.29, 0.717) is 11.0 Å². The van der Waals surface area contributed by atoms with Crippen molar-refractivity contribution >= 4 is 17.6 Å². The average molecular weight is 249 g/mol. The molecule has 5 nitrogen and oxygen atoms in total. The number of aryl methyl sites for hydroxylation is 3. The molecule has 0 aliphatic rings. The average Bonchev–Trinajstić information content (AvgIpc) is 2.55. The van der Waals surface area contributed by atoms with Crippen LogP contribution in [-0.2, 0) is 12.8 Å². The molecular weight excluding hydrogens is 234 g/mol. The highest BCUT2D eigenvalue weighted by molar-refractivity contribution is 7.98. The van der Waals surface area contributed by atoms with Crippen LogP contribution >= 0.6 is 11.8 Å². The lowest BCUT2D eigenvalue weighted by Gasteiger charge is -2.04. The summed E-state index contributed by atoms with van der Waals surface area (Å²) in [6.07, 6.45) is 1.86. The van der Waals surface area contributed by atoms with Crippen molar-refractivity contribution < 1.29 is 0 Å². The first kappa shape index (κ1) is 11.9. The minimum Gasteiger partial charge on any atom is -0.384 e. The Morgan fingerprint density at radius 3 is 2.71 bits per heavy atom. The van der Waals surface area contributed by atoms with Crippen LogP contribution in [0.2, 0.25) is 0 Å². The van der Waals surface area contributed by atoms with Crippen molar-refractivity contribution in [1.82, 2.24) is 19.7 Å². The minimum atomic E-state index is 0.515. The Balaban J connectivity index is 2.12. The third-order valence-electron chi connectivity index (χ3n) is 2.46. The highest BCUT2D eigenvalue weighted by Crippen LogP contribution is 2.21. The van der Waals surface area contributed by atoms with Crippen LogP contribution < -0.4 is 5.73 Å². The third kappa shape index (κ3) is 2.76. The minimum absolute atomic E-state index is 0.515. The second-order valence-electron chi connectivity index (χ2n) is 3.90. The first-order valence-corrected chi connectivity index (χ1v) is 6.26. The molecule has 0 aromatic carbocycles. The molecule has 0 fully saturated rings. The first-order chi connectivity index (χ1) is 8.06. The van der Waals surface area contributed by atoms with Gasteiger partial charge in [0, 0.05) is 24.6 Å². The molecule has 0 amide bonds. The van der Waals surface area contributed by atoms with Gasteiger partial charge in [-0.25, -0.2) is 9.97 Å². The van der Waals surface area contributed by atoms with E-state index in [0.717, 1.165) is 11.4 Å². The van der Waals surface area contributed by atoms with E-state index in [2.05, 4.69) is 15.1 Å². The van der Waals surface area contributed by atoms with E-state index in [1.807, 2.05) is 31.8 Å². The van der Waals surface area contributed by atoms with Crippen LogP contribution in [0.4, 0.5) is 5.82 Å². The Kier molecular flexibility index (Phi) is 3.33. The van der Waals surface area contributed by atoms with Gasteiger partial charge in [0.2, 0.25) is 0 Å². The number of thioether (sulfide) groups is 1. The van der Waals surface area contributed by atoms with Crippen LogP contribution in [0.25, 0.3) is 0 Å². The summed E-state index contributed by atoms with van der Waals surface area (Å²) in [4.78, 5) is 8.53. The Bertz CT molecular complexity index is 495. The van der Waals surface area contributed by atoms with Crippen molar-refractivity contribution in [2.45, 2.75) is 24.8 Å². The Morgan fingerprint density at radius 2 is 2.12 bits per heavy atom. The van der Waals surface area contributed by atoms with E-state index < -0.39 is 0 Å². The molecule has 90 valence electrons. The van der Waals surface area contributed by atoms with Gasteiger partial charge >= 0.3 is 0 Å². The molecule has 0 saturated carbocycles. The fourth-order valence-electron chi connectivity index (χ4n) is 1.54. The quantitative estimate of drug-likeness (QED) is 0.662. The molecule has 0 spiro atoms. The predicted octanol–water partition coefficient (Wildman–Crippen LogP) is 1.70. The maximum absolute atomic E-state index is 5.69. The van der Waals surface area contributed by atoms with Gasteiger partial charge in [0.1, 0.15) is 5.82 Å². The van der Waals surface area contributed by atoms with Crippen molar-refractivity contribution in [2.24, 2.45) is 7.05 Å². The number of nitrogens with zero attached hydrogens (tertiary/aromatic N) is 4. The molecule has 2 N–H and O–H groups in total. The summed E-state index contributed by atoms with van der Waals surface area (Å²) in [5.41, 5.74) is 8.94. The number of aromatic nitrogens is 4. The van der Waals surface area contributed by atoms with Gasteiger partial charge in [0.25, 0.3) is 0 Å². The van der Waals surface area contributed by atoms with Gasteiger partial charge in [-0.1, -0.05) is 11.8 Å². The molecule has 0 atom stereocenters. The van der Waals surface area contributed by atoms with Gasteiger partial charge in [-0.2, -0.15) is 5.10 Å². The van der Waals surface area contributed by atoms with E-state index in [4.69, 9.17) is 5.73 Å². The number of rotatable bonds is 3. The number of anilines is 1. The molecule has 2 aromatic heterocycles. The third-order valence-corrected chi connectivity index (χ3v) is 3.32. The summed E-state index contributed by atoms with van der Waals surface area (Å²) in [5.74, 6) is 1.31. The molecule has 17 heavy (non-hydrogen) atoms. The second-order valence-corrected chi connectivity index (χ2v) is 4.85. The summed E-state index contributed by atoms with van der Waals surface area (Å²) in [6.45, 7) is 3.96. The van der Waals surface area contributed by atoms with Gasteiger partial charge in [-0.15, -0.1) is 0 Å². The van der Waals surface area contributed by atoms with Crippen molar-refractivity contribution in [1.29, 1.82) is 0 Å². The Labute approximate surface area is 104 Å². The maximum atomic E-state index is 5.69. The molecule has 0 aliphatic carbocycles. The van der Waals surface area contributed by atoms with Gasteiger partial charge in [-0.05, 0) is 19.4 Å². The number of hydrogen-bond acceptors (Lipinski definition) is 5. The SMILES string of the molecule is Cc1cc(N)nc(SCc2c(C)cnn2C)n1. The van der Waals surface area contributed by atoms with Crippen molar-refractivity contribution in [2.75, 3.05) is 5.73 Å². The van der Waals surface area contributed by atoms with E-state index in [9.17, 15) is 0 Å². The van der Waals surface area contributed by atoms with Crippen LogP contribution in [0.15, 0.2) is 17.4 Å². The first-order valence-electron chi connectivity index (χ1n) is 5.27. The van der Waals surface area contributed by atoms with E-state index >= 15 is 0 Å². The molecule has 0 unspecified atom stereocenters. The number of nitrogen functional groups attached to an aromatic ring is 1. The fraction of sp³-hybridized carbons (Fsp3) is 0.364. The van der Waals surface area contributed by atoms with E-state index in [-0.39, 0.29) is 0 Å². The summed E-state index contributed by atoms with van der Waals surface area (Å²) in [6, 6.07) is 1.76. The zero-order valence-electron chi connectivity index (χ0n) is 10.1. The van der Waals surface area contributed by atoms with Crippen LogP contribution in [-0.4, -0.2) is 19.7 Å². The second kappa shape index (κ2) is 4.75. The molecule has 2 rings (SSSR count). The molecule has 6 heteroatoms. The van der Waals surface area contributed by atoms with E-state index in [1.54, 1.807) is 17.8 Å². The molecule has 0 aliphatic heterocycles. The Hall–Kier alpha value is -1.56. The standard InChI is InChI=1S/C11H15N5S/c1-7-5-13-16(3)9(7)6-17-11-14-8(2)4-10(12)15-11/h4-5H,6H2,1-3H3,(H2,12,14,15). The summed E-state index contributed by atoms with van der Waals surface area (Å²) in [7, 11) is 1.94. The topological polar surface area (TPSA) is 69.6 Å². The highest BCUT2D eigenvalue weighted by Gasteiger charge is 2.07. The van der Waals surface area contributed by atoms with Crippen LogP contribution in [0.1, 0.15) is 17.0 Å². The van der Waals surface area contributed by atoms with Crippen molar-refractivity contribution in [3.63, 3.8) is 0 Å². The molecule has 0 saturated heterocycles. The lowest BCUT2D eigenvalue weighted by atomic mass is 10.3. The maximum Gasteiger partial charge on any atom is 0.190 e. The fourth-order valence-corrected chi connectivity index (χ4v) is 2.60. The van der Waals surface area contributed by atoms with Gasteiger partial charge in [0.15, 0.2) is 5.16 Å². The zero-order valence-corrected chi connectivity index (χ0v) is 11.0. The number of nitrogens with two attached hydrogens (primary N) is 1.